The molecule has 2 rings (SSSR count). The summed E-state index contributed by atoms with van der Waals surface area (Å²) < 4.78 is 13.8. The highest BCUT2D eigenvalue weighted by Gasteiger charge is 2.16. The number of carbonyl (C=O) groups is 1. The van der Waals surface area contributed by atoms with Crippen molar-refractivity contribution in [3.05, 3.63) is 52.3 Å². The van der Waals surface area contributed by atoms with E-state index in [2.05, 4.69) is 5.32 Å². The molecule has 6 heteroatoms. The second-order valence-electron chi connectivity index (χ2n) is 4.55. The van der Waals surface area contributed by atoms with Gasteiger partial charge in [-0.1, -0.05) is 23.7 Å². The molecule has 0 saturated heterocycles. The second-order valence-corrected chi connectivity index (χ2v) is 4.96. The Balaban J connectivity index is 2.49. The van der Waals surface area contributed by atoms with Gasteiger partial charge in [-0.05, 0) is 30.7 Å². The quantitative estimate of drug-likeness (QED) is 0.802. The molecule has 0 amide bonds. The largest absolute Gasteiger partial charge is 0.507 e. The van der Waals surface area contributed by atoms with E-state index in [9.17, 15) is 14.3 Å². The molecule has 0 aliphatic carbocycles. The third-order valence-electron chi connectivity index (χ3n) is 3.03. The third kappa shape index (κ3) is 3.25. The van der Waals surface area contributed by atoms with Gasteiger partial charge in [0.05, 0.1) is 17.1 Å². The van der Waals surface area contributed by atoms with Crippen LogP contribution in [0.25, 0.3) is 0 Å². The molecule has 0 spiro atoms. The number of aliphatic carboxylic acids is 1. The van der Waals surface area contributed by atoms with Gasteiger partial charge in [0, 0.05) is 11.3 Å². The van der Waals surface area contributed by atoms with E-state index in [1.54, 1.807) is 19.1 Å². The molecule has 2 aromatic carbocycles. The van der Waals surface area contributed by atoms with Crippen LogP contribution in [0.2, 0.25) is 5.02 Å². The van der Waals surface area contributed by atoms with Crippen LogP contribution in [-0.4, -0.2) is 16.2 Å². The van der Waals surface area contributed by atoms with Crippen LogP contribution in [0, 0.1) is 12.7 Å². The van der Waals surface area contributed by atoms with Gasteiger partial charge >= 0.3 is 5.97 Å². The molecule has 4 nitrogen and oxygen atoms in total. The molecule has 2 aromatic rings. The molecule has 0 aliphatic rings. The fourth-order valence-corrected chi connectivity index (χ4v) is 2.16. The molecule has 0 fully saturated rings. The average Bonchev–Trinajstić information content (AvgIpc) is 2.41. The molecule has 0 saturated carbocycles. The van der Waals surface area contributed by atoms with E-state index in [0.29, 0.717) is 11.3 Å². The van der Waals surface area contributed by atoms with Crippen LogP contribution >= 0.6 is 11.6 Å². The van der Waals surface area contributed by atoms with Crippen molar-refractivity contribution in [2.75, 3.05) is 5.32 Å². The van der Waals surface area contributed by atoms with E-state index < -0.39 is 11.8 Å². The number of phenolic OH excluding ortho intramolecular Hbond substituents is 1. The number of anilines is 2. The molecule has 110 valence electrons. The van der Waals surface area contributed by atoms with Crippen LogP contribution in [0.1, 0.15) is 11.1 Å². The first-order valence-corrected chi connectivity index (χ1v) is 6.52. The van der Waals surface area contributed by atoms with E-state index in [-0.39, 0.29) is 28.4 Å². The summed E-state index contributed by atoms with van der Waals surface area (Å²) in [6.45, 7) is 1.65. The van der Waals surface area contributed by atoms with Gasteiger partial charge in [-0.3, -0.25) is 4.79 Å². The predicted molar refractivity (Wildman–Crippen MR) is 78.9 cm³/mol. The lowest BCUT2D eigenvalue weighted by Gasteiger charge is -2.15. The number of hydrogen-bond acceptors (Lipinski definition) is 3. The van der Waals surface area contributed by atoms with Crippen LogP contribution in [0.4, 0.5) is 15.8 Å². The van der Waals surface area contributed by atoms with Crippen molar-refractivity contribution in [3.63, 3.8) is 0 Å². The van der Waals surface area contributed by atoms with Gasteiger partial charge in [0.2, 0.25) is 0 Å². The Bertz CT molecular complexity index is 683. The van der Waals surface area contributed by atoms with Gasteiger partial charge in [-0.2, -0.15) is 0 Å². The number of hydrogen-bond donors (Lipinski definition) is 3. The van der Waals surface area contributed by atoms with E-state index in [1.807, 2.05) is 0 Å². The van der Waals surface area contributed by atoms with Crippen LogP contribution in [-0.2, 0) is 11.2 Å². The Labute approximate surface area is 125 Å². The fraction of sp³-hybridized carbons (Fsp3) is 0.133. The summed E-state index contributed by atoms with van der Waals surface area (Å²) in [7, 11) is 0. The first kappa shape index (κ1) is 15.1. The molecule has 0 unspecified atom stereocenters. The number of aryl methyl sites for hydroxylation is 1. The van der Waals surface area contributed by atoms with E-state index >= 15 is 0 Å². The highest BCUT2D eigenvalue weighted by Crippen LogP contribution is 2.34. The highest BCUT2D eigenvalue weighted by atomic mass is 35.5. The topological polar surface area (TPSA) is 69.6 Å². The van der Waals surface area contributed by atoms with E-state index in [0.717, 1.165) is 0 Å². The number of phenols is 1. The Kier molecular flexibility index (Phi) is 4.33. The van der Waals surface area contributed by atoms with Gasteiger partial charge in [-0.25, -0.2) is 4.39 Å². The van der Waals surface area contributed by atoms with Crippen molar-refractivity contribution in [3.8, 4) is 5.75 Å². The maximum absolute atomic E-state index is 13.8. The Hall–Kier alpha value is -2.27. The van der Waals surface area contributed by atoms with Crippen molar-refractivity contribution >= 4 is 28.9 Å². The Morgan fingerprint density at radius 3 is 2.67 bits per heavy atom. The monoisotopic (exact) mass is 309 g/mol. The maximum Gasteiger partial charge on any atom is 0.308 e. The predicted octanol–water partition coefficient (Wildman–Crippen LogP) is 3.86. The minimum atomic E-state index is -1.10. The SMILES string of the molecule is Cc1ccc(Nc2c(F)cccc2Cl)c(CC(=O)O)c1O. The van der Waals surface area contributed by atoms with Gasteiger partial charge in [0.1, 0.15) is 11.6 Å². The zero-order valence-corrected chi connectivity index (χ0v) is 11.9. The first-order valence-electron chi connectivity index (χ1n) is 6.14. The van der Waals surface area contributed by atoms with Crippen molar-refractivity contribution in [2.45, 2.75) is 13.3 Å². The summed E-state index contributed by atoms with van der Waals surface area (Å²) in [5.74, 6) is -1.79. The molecule has 0 aliphatic heterocycles. The first-order chi connectivity index (χ1) is 9.90. The number of nitrogens with one attached hydrogen (secondary N) is 1. The standard InChI is InChI=1S/C15H13ClFNO3/c1-8-5-6-12(9(15(8)21)7-13(19)20)18-14-10(16)3-2-4-11(14)17/h2-6,18,21H,7H2,1H3,(H,19,20). The lowest BCUT2D eigenvalue weighted by Crippen LogP contribution is -2.06. The number of carboxylic acids is 1. The molecule has 0 radical (unpaired) electrons. The summed E-state index contributed by atoms with van der Waals surface area (Å²) in [6, 6.07) is 7.40. The normalized spacial score (nSPS) is 10.4. The Morgan fingerprint density at radius 1 is 1.33 bits per heavy atom. The molecular formula is C15H13ClFNO3. The van der Waals surface area contributed by atoms with E-state index in [4.69, 9.17) is 16.7 Å². The average molecular weight is 310 g/mol. The second kappa shape index (κ2) is 6.01. The minimum Gasteiger partial charge on any atom is -0.507 e. The fourth-order valence-electron chi connectivity index (χ4n) is 1.95. The molecule has 0 bridgehead atoms. The lowest BCUT2D eigenvalue weighted by atomic mass is 10.0. The number of carboxylic acid groups (broad SMARTS) is 1. The summed E-state index contributed by atoms with van der Waals surface area (Å²) in [5.41, 5.74) is 1.06. The van der Waals surface area contributed by atoms with Gasteiger partial charge in [0.15, 0.2) is 0 Å². The lowest BCUT2D eigenvalue weighted by molar-refractivity contribution is -0.136. The van der Waals surface area contributed by atoms with Crippen LogP contribution in [0.3, 0.4) is 0 Å². The van der Waals surface area contributed by atoms with Crippen LogP contribution < -0.4 is 5.32 Å². The van der Waals surface area contributed by atoms with E-state index in [1.165, 1.54) is 18.2 Å². The minimum absolute atomic E-state index is 0.0362. The van der Waals surface area contributed by atoms with Crippen molar-refractivity contribution in [1.82, 2.24) is 0 Å². The zero-order chi connectivity index (χ0) is 15.6. The summed E-state index contributed by atoms with van der Waals surface area (Å²) in [4.78, 5) is 10.9. The Morgan fingerprint density at radius 2 is 2.05 bits per heavy atom. The summed E-state index contributed by atoms with van der Waals surface area (Å²) in [5, 5.41) is 21.9. The smallest absolute Gasteiger partial charge is 0.308 e. The number of halogens is 2. The molecule has 21 heavy (non-hydrogen) atoms. The molecule has 0 heterocycles. The molecule has 3 N–H and O–H groups in total. The number of rotatable bonds is 4. The van der Waals surface area contributed by atoms with Gasteiger partial charge in [-0.15, -0.1) is 0 Å². The zero-order valence-electron chi connectivity index (χ0n) is 11.2. The maximum atomic E-state index is 13.8. The number of aromatic hydroxyl groups is 1. The van der Waals surface area contributed by atoms with Crippen molar-refractivity contribution in [1.29, 1.82) is 0 Å². The van der Waals surface area contributed by atoms with Crippen molar-refractivity contribution in [2.24, 2.45) is 0 Å². The summed E-state index contributed by atoms with van der Waals surface area (Å²) in [6.07, 6.45) is -0.387. The van der Waals surface area contributed by atoms with Crippen molar-refractivity contribution < 1.29 is 19.4 Å². The van der Waals surface area contributed by atoms with Gasteiger partial charge in [0.25, 0.3) is 0 Å². The molecule has 0 atom stereocenters. The number of para-hydroxylation sites is 1. The van der Waals surface area contributed by atoms with Gasteiger partial charge < -0.3 is 15.5 Å². The number of benzene rings is 2. The third-order valence-corrected chi connectivity index (χ3v) is 3.35. The summed E-state index contributed by atoms with van der Waals surface area (Å²) >= 11 is 5.93. The van der Waals surface area contributed by atoms with Crippen LogP contribution in [0.5, 0.6) is 5.75 Å². The molecule has 0 aromatic heterocycles. The van der Waals surface area contributed by atoms with Crippen LogP contribution in [0.15, 0.2) is 30.3 Å². The molecular weight excluding hydrogens is 297 g/mol. The highest BCUT2D eigenvalue weighted by molar-refractivity contribution is 6.33.